The molecule has 0 aliphatic rings. The van der Waals surface area contributed by atoms with Gasteiger partial charge in [0.05, 0.1) is 18.2 Å². The van der Waals surface area contributed by atoms with E-state index in [2.05, 4.69) is 4.98 Å². The van der Waals surface area contributed by atoms with Gasteiger partial charge >= 0.3 is 0 Å². The number of halogens is 1. The number of benzene rings is 1. The first kappa shape index (κ1) is 14.6. The minimum Gasteiger partial charge on any atom is -0.507 e. The lowest BCUT2D eigenvalue weighted by molar-refractivity contribution is 0.386. The first-order valence-corrected chi connectivity index (χ1v) is 7.87. The van der Waals surface area contributed by atoms with E-state index < -0.39 is 5.82 Å². The first-order chi connectivity index (χ1) is 11.6. The predicted molar refractivity (Wildman–Crippen MR) is 90.9 cm³/mol. The summed E-state index contributed by atoms with van der Waals surface area (Å²) in [6.07, 6.45) is 3.05. The van der Waals surface area contributed by atoms with E-state index in [1.807, 2.05) is 0 Å². The standard InChI is InChI=1S/C17H11FN2O3S/c1-23-13-3-2-9(8-11(13)18)20-7-5-10-14-12(21)4-6-19-16(14)24-15(10)17(20)22/h2-8H,1H3,(H,19,21). The van der Waals surface area contributed by atoms with Crippen LogP contribution in [0.1, 0.15) is 0 Å². The zero-order valence-corrected chi connectivity index (χ0v) is 13.3. The lowest BCUT2D eigenvalue weighted by Gasteiger charge is -2.08. The van der Waals surface area contributed by atoms with Gasteiger partial charge in [0.15, 0.2) is 11.6 Å². The smallest absolute Gasteiger partial charge is 0.273 e. The van der Waals surface area contributed by atoms with E-state index in [-0.39, 0.29) is 17.1 Å². The van der Waals surface area contributed by atoms with Crippen LogP contribution in [0, 0.1) is 5.82 Å². The second kappa shape index (κ2) is 5.31. The van der Waals surface area contributed by atoms with Gasteiger partial charge in [0.25, 0.3) is 5.56 Å². The van der Waals surface area contributed by atoms with Gasteiger partial charge in [0.1, 0.15) is 15.3 Å². The van der Waals surface area contributed by atoms with Crippen molar-refractivity contribution >= 4 is 31.6 Å². The van der Waals surface area contributed by atoms with Gasteiger partial charge in [-0.25, -0.2) is 9.37 Å². The number of ether oxygens (including phenoxy) is 1. The molecule has 120 valence electrons. The van der Waals surface area contributed by atoms with Gasteiger partial charge in [0.2, 0.25) is 0 Å². The zero-order valence-electron chi connectivity index (χ0n) is 12.5. The molecule has 0 saturated heterocycles. The van der Waals surface area contributed by atoms with E-state index in [0.717, 1.165) is 0 Å². The number of pyridine rings is 2. The van der Waals surface area contributed by atoms with Crippen molar-refractivity contribution in [1.82, 2.24) is 9.55 Å². The fourth-order valence-electron chi connectivity index (χ4n) is 2.68. The molecule has 0 unspecified atom stereocenters. The van der Waals surface area contributed by atoms with E-state index in [4.69, 9.17) is 4.74 Å². The average molecular weight is 342 g/mol. The quantitative estimate of drug-likeness (QED) is 0.606. The molecule has 7 heteroatoms. The summed E-state index contributed by atoms with van der Waals surface area (Å²) in [6.45, 7) is 0. The topological polar surface area (TPSA) is 64.3 Å². The third-order valence-electron chi connectivity index (χ3n) is 3.82. The highest BCUT2D eigenvalue weighted by Gasteiger charge is 2.15. The number of methoxy groups -OCH3 is 1. The van der Waals surface area contributed by atoms with Crippen LogP contribution in [0.25, 0.3) is 26.0 Å². The number of nitrogens with zero attached hydrogens (tertiary/aromatic N) is 2. The maximum Gasteiger partial charge on any atom is 0.273 e. The number of fused-ring (bicyclic) bond motifs is 3. The molecule has 1 N–H and O–H groups in total. The molecule has 4 rings (SSSR count). The van der Waals surface area contributed by atoms with Crippen LogP contribution in [0.2, 0.25) is 0 Å². The summed E-state index contributed by atoms with van der Waals surface area (Å²) in [7, 11) is 1.38. The summed E-state index contributed by atoms with van der Waals surface area (Å²) in [5.41, 5.74) is 0.106. The third-order valence-corrected chi connectivity index (χ3v) is 4.93. The van der Waals surface area contributed by atoms with Crippen LogP contribution in [0.5, 0.6) is 11.5 Å². The Morgan fingerprint density at radius 1 is 1.29 bits per heavy atom. The van der Waals surface area contributed by atoms with Gasteiger partial charge in [-0.2, -0.15) is 0 Å². The molecule has 5 nitrogen and oxygen atoms in total. The minimum absolute atomic E-state index is 0.0823. The van der Waals surface area contributed by atoms with E-state index in [1.165, 1.54) is 47.4 Å². The maximum absolute atomic E-state index is 13.9. The molecule has 0 spiro atoms. The van der Waals surface area contributed by atoms with Crippen LogP contribution in [0.3, 0.4) is 0 Å². The molecule has 4 aromatic rings. The van der Waals surface area contributed by atoms with Gasteiger partial charge in [-0.3, -0.25) is 9.36 Å². The number of thiophene rings is 1. The molecule has 3 heterocycles. The Kier molecular flexibility index (Phi) is 3.24. The number of rotatable bonds is 2. The molecule has 0 aliphatic carbocycles. The van der Waals surface area contributed by atoms with Gasteiger partial charge in [0, 0.05) is 23.8 Å². The molecular weight excluding hydrogens is 331 g/mol. The summed E-state index contributed by atoms with van der Waals surface area (Å²) < 4.78 is 20.6. The Hall–Kier alpha value is -2.93. The Balaban J connectivity index is 2.00. The number of aromatic hydroxyl groups is 1. The van der Waals surface area contributed by atoms with Crippen molar-refractivity contribution in [1.29, 1.82) is 0 Å². The molecule has 0 radical (unpaired) electrons. The Labute approximate surface area is 139 Å². The number of aromatic nitrogens is 2. The monoisotopic (exact) mass is 342 g/mol. The van der Waals surface area contributed by atoms with Gasteiger partial charge in [-0.15, -0.1) is 11.3 Å². The van der Waals surface area contributed by atoms with E-state index in [9.17, 15) is 14.3 Å². The Morgan fingerprint density at radius 2 is 2.12 bits per heavy atom. The van der Waals surface area contributed by atoms with Crippen molar-refractivity contribution in [3.05, 3.63) is 58.9 Å². The second-order valence-electron chi connectivity index (χ2n) is 5.16. The Bertz CT molecular complexity index is 1150. The van der Waals surface area contributed by atoms with Gasteiger partial charge in [-0.1, -0.05) is 0 Å². The molecular formula is C17H11FN2O3S. The lowest BCUT2D eigenvalue weighted by atomic mass is 10.2. The summed E-state index contributed by atoms with van der Waals surface area (Å²) in [6, 6.07) is 7.53. The van der Waals surface area contributed by atoms with Crippen LogP contribution in [0.4, 0.5) is 4.39 Å². The van der Waals surface area contributed by atoms with E-state index in [0.29, 0.717) is 26.0 Å². The van der Waals surface area contributed by atoms with Crippen LogP contribution in [-0.4, -0.2) is 21.8 Å². The number of hydrogen-bond acceptors (Lipinski definition) is 5. The summed E-state index contributed by atoms with van der Waals surface area (Å²) in [5.74, 6) is -0.347. The van der Waals surface area contributed by atoms with Gasteiger partial charge < -0.3 is 9.84 Å². The summed E-state index contributed by atoms with van der Waals surface area (Å²) >= 11 is 1.20. The van der Waals surface area contributed by atoms with Gasteiger partial charge in [-0.05, 0) is 24.3 Å². The SMILES string of the molecule is COc1ccc(-n2ccc3c(sc4nccc(O)c43)c2=O)cc1F. The molecule has 0 atom stereocenters. The largest absolute Gasteiger partial charge is 0.507 e. The summed E-state index contributed by atoms with van der Waals surface area (Å²) in [5, 5.41) is 11.2. The molecule has 24 heavy (non-hydrogen) atoms. The molecule has 0 bridgehead atoms. The van der Waals surface area contributed by atoms with Crippen molar-refractivity contribution < 1.29 is 14.2 Å². The number of hydrogen-bond donors (Lipinski definition) is 1. The third kappa shape index (κ3) is 2.05. The van der Waals surface area contributed by atoms with Crippen LogP contribution in [-0.2, 0) is 0 Å². The Morgan fingerprint density at radius 3 is 2.88 bits per heavy atom. The highest BCUT2D eigenvalue weighted by Crippen LogP contribution is 2.35. The van der Waals surface area contributed by atoms with Crippen molar-refractivity contribution in [3.63, 3.8) is 0 Å². The zero-order chi connectivity index (χ0) is 16.8. The predicted octanol–water partition coefficient (Wildman–Crippen LogP) is 3.45. The van der Waals surface area contributed by atoms with Crippen molar-refractivity contribution in [3.8, 4) is 17.2 Å². The van der Waals surface area contributed by atoms with E-state index >= 15 is 0 Å². The second-order valence-corrected chi connectivity index (χ2v) is 6.16. The lowest BCUT2D eigenvalue weighted by Crippen LogP contribution is -2.16. The van der Waals surface area contributed by atoms with Crippen LogP contribution < -0.4 is 10.3 Å². The highest BCUT2D eigenvalue weighted by molar-refractivity contribution is 7.25. The summed E-state index contributed by atoms with van der Waals surface area (Å²) in [4.78, 5) is 17.6. The average Bonchev–Trinajstić information content (AvgIpc) is 2.96. The molecule has 3 aromatic heterocycles. The van der Waals surface area contributed by atoms with Crippen molar-refractivity contribution in [2.45, 2.75) is 0 Å². The van der Waals surface area contributed by atoms with E-state index in [1.54, 1.807) is 18.3 Å². The molecule has 0 aliphatic heterocycles. The fourth-order valence-corrected chi connectivity index (χ4v) is 3.77. The maximum atomic E-state index is 13.9. The van der Waals surface area contributed by atoms with Crippen LogP contribution in [0.15, 0.2) is 47.5 Å². The molecule has 0 amide bonds. The van der Waals surface area contributed by atoms with Crippen molar-refractivity contribution in [2.75, 3.05) is 7.11 Å². The highest BCUT2D eigenvalue weighted by atomic mass is 32.1. The fraction of sp³-hybridized carbons (Fsp3) is 0.0588. The molecule has 1 aromatic carbocycles. The normalized spacial score (nSPS) is 11.2. The molecule has 0 fully saturated rings. The minimum atomic E-state index is -0.544. The molecule has 0 saturated carbocycles. The first-order valence-electron chi connectivity index (χ1n) is 7.06. The van der Waals surface area contributed by atoms with Crippen LogP contribution >= 0.6 is 11.3 Å². The van der Waals surface area contributed by atoms with Crippen molar-refractivity contribution in [2.24, 2.45) is 0 Å².